The van der Waals surface area contributed by atoms with E-state index in [0.717, 1.165) is 0 Å². The molecule has 1 N–H and O–H groups in total. The van der Waals surface area contributed by atoms with E-state index in [-0.39, 0.29) is 13.1 Å². The van der Waals surface area contributed by atoms with Gasteiger partial charge in [-0.05, 0) is 59.2 Å². The van der Waals surface area contributed by atoms with Gasteiger partial charge in [0, 0.05) is 6.07 Å². The van der Waals surface area contributed by atoms with E-state index in [1.165, 1.54) is 24.1 Å². The molecule has 8 heteroatoms. The maximum absolute atomic E-state index is 14.1. The van der Waals surface area contributed by atoms with Crippen molar-refractivity contribution >= 4 is 12.2 Å². The van der Waals surface area contributed by atoms with E-state index in [1.807, 2.05) is 0 Å². The molecule has 0 saturated carbocycles. The van der Waals surface area contributed by atoms with Crippen LogP contribution in [0.1, 0.15) is 47.1 Å². The molecule has 0 atom stereocenters. The highest BCUT2D eigenvalue weighted by atomic mass is 19.1. The van der Waals surface area contributed by atoms with E-state index in [4.69, 9.17) is 14.2 Å². The second kappa shape index (κ2) is 7.48. The minimum absolute atomic E-state index is 0.119. The van der Waals surface area contributed by atoms with Gasteiger partial charge >= 0.3 is 12.2 Å². The molecule has 0 aliphatic carbocycles. The predicted molar refractivity (Wildman–Crippen MR) is 102 cm³/mol. The molecule has 7 nitrogen and oxygen atoms in total. The Morgan fingerprint density at radius 2 is 1.61 bits per heavy atom. The third-order valence-electron chi connectivity index (χ3n) is 3.97. The van der Waals surface area contributed by atoms with Gasteiger partial charge in [0.25, 0.3) is 0 Å². The molecule has 2 rings (SSSR count). The van der Waals surface area contributed by atoms with Crippen LogP contribution >= 0.6 is 0 Å². The highest BCUT2D eigenvalue weighted by Crippen LogP contribution is 2.35. The average Bonchev–Trinajstić information content (AvgIpc) is 2.45. The van der Waals surface area contributed by atoms with Gasteiger partial charge in [0.15, 0.2) is 0 Å². The molecule has 0 bridgehead atoms. The van der Waals surface area contributed by atoms with Crippen molar-refractivity contribution in [3.63, 3.8) is 0 Å². The first-order chi connectivity index (χ1) is 12.7. The van der Waals surface area contributed by atoms with Crippen LogP contribution < -0.4 is 10.1 Å². The molecule has 28 heavy (non-hydrogen) atoms. The fourth-order valence-electron chi connectivity index (χ4n) is 2.85. The Bertz CT molecular complexity index is 746. The lowest BCUT2D eigenvalue weighted by molar-refractivity contribution is -0.0230. The van der Waals surface area contributed by atoms with Gasteiger partial charge in [-0.2, -0.15) is 0 Å². The van der Waals surface area contributed by atoms with Crippen molar-refractivity contribution in [2.24, 2.45) is 0 Å². The van der Waals surface area contributed by atoms with E-state index in [0.29, 0.717) is 11.3 Å². The van der Waals surface area contributed by atoms with Crippen molar-refractivity contribution in [1.29, 1.82) is 0 Å². The SMILES string of the molecule is COc1cc(F)cc(C2(NC(=O)OC(C)(C)C)CN(C(=O)OC(C)(C)C)C2)c1. The molecule has 1 heterocycles. The number of alkyl carbamates (subject to hydrolysis) is 1. The van der Waals surface area contributed by atoms with E-state index < -0.39 is 34.7 Å². The molecule has 2 amide bonds. The van der Waals surface area contributed by atoms with Gasteiger partial charge in [-0.3, -0.25) is 0 Å². The standard InChI is InChI=1S/C20H29FN2O5/c1-18(2,3)27-16(24)22-20(13-8-14(21)10-15(9-13)26-7)11-23(12-20)17(25)28-19(4,5)6/h8-10H,11-12H2,1-7H3,(H,22,24). The van der Waals surface area contributed by atoms with Crippen LogP contribution in [0, 0.1) is 5.82 Å². The lowest BCUT2D eigenvalue weighted by Crippen LogP contribution is -2.69. The Balaban J connectivity index is 2.27. The lowest BCUT2D eigenvalue weighted by Gasteiger charge is -2.50. The fraction of sp³-hybridized carbons (Fsp3) is 0.600. The molecular weight excluding hydrogens is 367 g/mol. The lowest BCUT2D eigenvalue weighted by atomic mass is 9.82. The molecule has 1 aliphatic heterocycles. The molecule has 1 aliphatic rings. The Labute approximate surface area is 165 Å². The third kappa shape index (κ3) is 5.50. The van der Waals surface area contributed by atoms with Crippen molar-refractivity contribution in [1.82, 2.24) is 10.2 Å². The summed E-state index contributed by atoms with van der Waals surface area (Å²) in [5.74, 6) is -0.188. The maximum atomic E-state index is 14.1. The number of carbonyl (C=O) groups excluding carboxylic acids is 2. The fourth-order valence-corrected chi connectivity index (χ4v) is 2.85. The van der Waals surface area contributed by atoms with Gasteiger partial charge < -0.3 is 24.4 Å². The highest BCUT2D eigenvalue weighted by molar-refractivity contribution is 5.73. The normalized spacial score (nSPS) is 16.1. The van der Waals surface area contributed by atoms with Crippen LogP contribution in [0.25, 0.3) is 0 Å². The van der Waals surface area contributed by atoms with Gasteiger partial charge in [-0.1, -0.05) is 0 Å². The summed E-state index contributed by atoms with van der Waals surface area (Å²) in [6.45, 7) is 10.8. The van der Waals surface area contributed by atoms with Crippen molar-refractivity contribution in [2.45, 2.75) is 58.3 Å². The number of halogens is 1. The zero-order chi connectivity index (χ0) is 21.3. The maximum Gasteiger partial charge on any atom is 0.410 e. The number of nitrogens with one attached hydrogen (secondary N) is 1. The second-order valence-electron chi connectivity index (χ2n) is 8.93. The first-order valence-electron chi connectivity index (χ1n) is 9.07. The summed E-state index contributed by atoms with van der Waals surface area (Å²) in [4.78, 5) is 26.2. The van der Waals surface area contributed by atoms with Crippen LogP contribution in [0.5, 0.6) is 5.75 Å². The summed E-state index contributed by atoms with van der Waals surface area (Å²) in [7, 11) is 1.43. The molecular formula is C20H29FN2O5. The number of ether oxygens (including phenoxy) is 3. The number of likely N-dealkylation sites (tertiary alicyclic amines) is 1. The van der Waals surface area contributed by atoms with Gasteiger partial charge in [0.2, 0.25) is 0 Å². The number of rotatable bonds is 3. The molecule has 0 spiro atoms. The van der Waals surface area contributed by atoms with Crippen LogP contribution in [0.15, 0.2) is 18.2 Å². The van der Waals surface area contributed by atoms with Crippen LogP contribution in [0.2, 0.25) is 0 Å². The Morgan fingerprint density at radius 1 is 1.04 bits per heavy atom. The van der Waals surface area contributed by atoms with Crippen molar-refractivity contribution in [3.8, 4) is 5.75 Å². The van der Waals surface area contributed by atoms with E-state index in [2.05, 4.69) is 5.32 Å². The van der Waals surface area contributed by atoms with Crippen LogP contribution in [0.3, 0.4) is 0 Å². The summed E-state index contributed by atoms with van der Waals surface area (Å²) in [6, 6.07) is 4.19. The third-order valence-corrected chi connectivity index (χ3v) is 3.97. The number of hydrogen-bond donors (Lipinski definition) is 1. The largest absolute Gasteiger partial charge is 0.497 e. The average molecular weight is 396 g/mol. The zero-order valence-corrected chi connectivity index (χ0v) is 17.5. The van der Waals surface area contributed by atoms with Crippen LogP contribution in [0.4, 0.5) is 14.0 Å². The number of nitrogens with zero attached hydrogens (tertiary/aromatic N) is 1. The number of hydrogen-bond acceptors (Lipinski definition) is 5. The summed E-state index contributed by atoms with van der Waals surface area (Å²) >= 11 is 0. The topological polar surface area (TPSA) is 77.1 Å². The Kier molecular flexibility index (Phi) is 5.82. The summed E-state index contributed by atoms with van der Waals surface area (Å²) in [5.41, 5.74) is -1.86. The van der Waals surface area contributed by atoms with Crippen LogP contribution in [-0.4, -0.2) is 48.5 Å². The first kappa shape index (κ1) is 21.8. The smallest absolute Gasteiger partial charge is 0.410 e. The number of carbonyl (C=O) groups is 2. The molecule has 1 fully saturated rings. The van der Waals surface area contributed by atoms with Gasteiger partial charge in [0.1, 0.15) is 28.3 Å². The molecule has 1 aromatic rings. The highest BCUT2D eigenvalue weighted by Gasteiger charge is 2.50. The predicted octanol–water partition coefficient (Wildman–Crippen LogP) is 3.81. The van der Waals surface area contributed by atoms with E-state index >= 15 is 0 Å². The molecule has 0 aromatic heterocycles. The zero-order valence-electron chi connectivity index (χ0n) is 17.5. The Morgan fingerprint density at radius 3 is 2.11 bits per heavy atom. The summed E-state index contributed by atoms with van der Waals surface area (Å²) in [5, 5.41) is 2.80. The molecule has 156 valence electrons. The summed E-state index contributed by atoms with van der Waals surface area (Å²) in [6.07, 6.45) is -1.16. The molecule has 1 aromatic carbocycles. The van der Waals surface area contributed by atoms with Gasteiger partial charge in [-0.15, -0.1) is 0 Å². The number of methoxy groups -OCH3 is 1. The minimum atomic E-state index is -1.01. The molecule has 0 unspecified atom stereocenters. The van der Waals surface area contributed by atoms with Gasteiger partial charge in [0.05, 0.1) is 20.2 Å². The van der Waals surface area contributed by atoms with Crippen LogP contribution in [-0.2, 0) is 15.0 Å². The van der Waals surface area contributed by atoms with Gasteiger partial charge in [-0.25, -0.2) is 14.0 Å². The monoisotopic (exact) mass is 396 g/mol. The minimum Gasteiger partial charge on any atom is -0.497 e. The van der Waals surface area contributed by atoms with Crippen molar-refractivity contribution in [3.05, 3.63) is 29.6 Å². The van der Waals surface area contributed by atoms with Crippen molar-refractivity contribution < 1.29 is 28.2 Å². The Hall–Kier alpha value is -2.51. The molecule has 1 saturated heterocycles. The number of amides is 2. The van der Waals surface area contributed by atoms with Crippen molar-refractivity contribution in [2.75, 3.05) is 20.2 Å². The number of benzene rings is 1. The summed E-state index contributed by atoms with van der Waals surface area (Å²) < 4.78 is 29.9. The van der Waals surface area contributed by atoms with E-state index in [1.54, 1.807) is 47.6 Å². The second-order valence-corrected chi connectivity index (χ2v) is 8.93. The van der Waals surface area contributed by atoms with E-state index in [9.17, 15) is 14.0 Å². The first-order valence-corrected chi connectivity index (χ1v) is 9.07. The quantitative estimate of drug-likeness (QED) is 0.841. The molecule has 0 radical (unpaired) electrons.